The zero-order valence-corrected chi connectivity index (χ0v) is 40.2. The van der Waals surface area contributed by atoms with Crippen LogP contribution in [0.4, 0.5) is 37.8 Å². The minimum atomic E-state index is -6.19. The van der Waals surface area contributed by atoms with Crippen LogP contribution in [0.3, 0.4) is 0 Å². The number of thioether (sulfide) groups is 1. The largest absolute Gasteiger partial charge is 0.501 e. The number of hydrogen-bond donors (Lipinski definition) is 2. The van der Waals surface area contributed by atoms with Gasteiger partial charge in [-0.3, -0.25) is 14.5 Å². The number of alkyl halides is 6. The van der Waals surface area contributed by atoms with Gasteiger partial charge in [-0.15, -0.1) is 11.8 Å². The Morgan fingerprint density at radius 1 is 0.866 bits per heavy atom. The maximum absolute atomic E-state index is 14.3. The van der Waals surface area contributed by atoms with Crippen molar-refractivity contribution in [3.63, 3.8) is 0 Å². The standard InChI is InChI=1S/C45H47Cl2F6N7O4S3/c1-58(2)21-17-32(28-65-40-10-6-5-9-37(40)47)54-38-16-15-34(25-41(38)66(61,62)45(51,52)53)67(63,64)57-42-36-20-24-60(27-39(36)55-43(56-42)44(48,49)50)33-18-22-59(23-19-33)26-30-7-3-4-8-35(30)29-11-13-31(46)14-12-29/h3-16,25,32-33,54H,17-24,26-28H2,1-2H3,(H,55,56,57). The third-order valence-corrected chi connectivity index (χ3v) is 16.4. The lowest BCUT2D eigenvalue weighted by molar-refractivity contribution is -0.145. The second kappa shape index (κ2) is 20.8. The molecule has 0 radical (unpaired) electrons. The van der Waals surface area contributed by atoms with E-state index in [1.807, 2.05) is 50.9 Å². The minimum absolute atomic E-state index is 0.0151. The van der Waals surface area contributed by atoms with E-state index in [2.05, 4.69) is 32.3 Å². The Bertz CT molecular complexity index is 2780. The summed E-state index contributed by atoms with van der Waals surface area (Å²) in [6.45, 7) is 2.84. The summed E-state index contributed by atoms with van der Waals surface area (Å²) >= 11 is 13.7. The van der Waals surface area contributed by atoms with Crippen molar-refractivity contribution in [1.82, 2.24) is 24.7 Å². The zero-order valence-electron chi connectivity index (χ0n) is 36.2. The molecule has 5 aromatic rings. The third kappa shape index (κ3) is 12.4. The van der Waals surface area contributed by atoms with Crippen molar-refractivity contribution in [2.45, 2.75) is 77.2 Å². The molecule has 2 aliphatic heterocycles. The lowest BCUT2D eigenvalue weighted by Gasteiger charge is -2.40. The summed E-state index contributed by atoms with van der Waals surface area (Å²) in [5.41, 5.74) is -3.07. The molecule has 1 atom stereocenters. The first-order valence-corrected chi connectivity index (χ1v) is 25.8. The average Bonchev–Trinajstić information content (AvgIpc) is 3.27. The number of sulfonamides is 1. The van der Waals surface area contributed by atoms with Gasteiger partial charge in [-0.1, -0.05) is 71.7 Å². The molecule has 4 aromatic carbocycles. The van der Waals surface area contributed by atoms with Crippen molar-refractivity contribution in [2.75, 3.05) is 56.1 Å². The summed E-state index contributed by atoms with van der Waals surface area (Å²) in [5, 5.41) is 3.95. The van der Waals surface area contributed by atoms with Crippen LogP contribution < -0.4 is 10.0 Å². The SMILES string of the molecule is CN(C)CCC(CSc1ccccc1Cl)Nc1ccc(S(=O)(=O)Nc2nc(C(F)(F)F)nc3c2CCN(C2CCN(Cc4ccccc4-c4ccc(Cl)cc4)CC2)C3)cc1S(=O)(=O)C(F)(F)F. The number of sulfone groups is 1. The predicted molar refractivity (Wildman–Crippen MR) is 250 cm³/mol. The Morgan fingerprint density at radius 3 is 2.22 bits per heavy atom. The van der Waals surface area contributed by atoms with E-state index < -0.39 is 64.7 Å². The number of rotatable bonds is 16. The van der Waals surface area contributed by atoms with Crippen molar-refractivity contribution in [3.05, 3.63) is 124 Å². The number of piperidine rings is 1. The van der Waals surface area contributed by atoms with Gasteiger partial charge in [-0.25, -0.2) is 26.8 Å². The van der Waals surface area contributed by atoms with Crippen LogP contribution in [0.1, 0.15) is 41.9 Å². The lowest BCUT2D eigenvalue weighted by atomic mass is 9.96. The maximum Gasteiger partial charge on any atom is 0.501 e. The van der Waals surface area contributed by atoms with E-state index in [4.69, 9.17) is 23.2 Å². The Hall–Kier alpha value is -4.15. The van der Waals surface area contributed by atoms with Crippen LogP contribution in [0, 0.1) is 0 Å². The van der Waals surface area contributed by atoms with E-state index >= 15 is 0 Å². The molecule has 1 aromatic heterocycles. The molecule has 1 fully saturated rings. The first kappa shape index (κ1) is 50.7. The zero-order chi connectivity index (χ0) is 48.3. The van der Waals surface area contributed by atoms with E-state index in [0.29, 0.717) is 73.0 Å². The summed E-state index contributed by atoms with van der Waals surface area (Å²) in [6.07, 6.45) is -3.30. The van der Waals surface area contributed by atoms with Crippen LogP contribution in [0.25, 0.3) is 11.1 Å². The van der Waals surface area contributed by atoms with E-state index in [1.54, 1.807) is 38.4 Å². The van der Waals surface area contributed by atoms with Gasteiger partial charge in [0.25, 0.3) is 19.9 Å². The fourth-order valence-corrected chi connectivity index (χ4v) is 11.7. The Morgan fingerprint density at radius 2 is 1.55 bits per heavy atom. The van der Waals surface area contributed by atoms with Crippen molar-refractivity contribution in [2.24, 2.45) is 0 Å². The monoisotopic (exact) mass is 1030 g/mol. The molecule has 0 aliphatic carbocycles. The summed E-state index contributed by atoms with van der Waals surface area (Å²) in [4.78, 5) is 11.9. The average molecular weight is 1030 g/mol. The molecule has 0 amide bonds. The number of anilines is 2. The Kier molecular flexibility index (Phi) is 15.8. The molecule has 0 saturated carbocycles. The number of halogens is 8. The number of nitrogens with zero attached hydrogens (tertiary/aromatic N) is 5. The molecule has 0 spiro atoms. The molecule has 7 rings (SSSR count). The molecule has 2 aliphatic rings. The molecule has 1 unspecified atom stereocenters. The van der Waals surface area contributed by atoms with E-state index in [-0.39, 0.29) is 36.0 Å². The highest BCUT2D eigenvalue weighted by Gasteiger charge is 2.49. The van der Waals surface area contributed by atoms with Gasteiger partial charge in [0.1, 0.15) is 10.7 Å². The number of nitrogens with one attached hydrogen (secondary N) is 2. The van der Waals surface area contributed by atoms with Gasteiger partial charge in [0.2, 0.25) is 5.82 Å². The van der Waals surface area contributed by atoms with E-state index in [1.165, 1.54) is 11.8 Å². The smallest absolute Gasteiger partial charge is 0.380 e. The molecule has 67 heavy (non-hydrogen) atoms. The highest BCUT2D eigenvalue weighted by molar-refractivity contribution is 7.99. The summed E-state index contributed by atoms with van der Waals surface area (Å²) < 4.78 is 142. The minimum Gasteiger partial charge on any atom is -0.380 e. The van der Waals surface area contributed by atoms with Gasteiger partial charge in [0.05, 0.1) is 21.3 Å². The number of benzene rings is 4. The second-order valence-electron chi connectivity index (χ2n) is 16.6. The topological polar surface area (TPSA) is 128 Å². The lowest BCUT2D eigenvalue weighted by Crippen LogP contribution is -2.46. The quantitative estimate of drug-likeness (QED) is 0.0724. The van der Waals surface area contributed by atoms with E-state index in [9.17, 15) is 43.2 Å². The molecule has 360 valence electrons. The molecular formula is C45H47Cl2F6N7O4S3. The van der Waals surface area contributed by atoms with Gasteiger partial charge in [0.15, 0.2) is 0 Å². The molecular weight excluding hydrogens is 984 g/mol. The highest BCUT2D eigenvalue weighted by Crippen LogP contribution is 2.39. The summed E-state index contributed by atoms with van der Waals surface area (Å²) in [6, 6.07) is 24.1. The maximum atomic E-state index is 14.3. The number of aromatic nitrogens is 2. The molecule has 1 saturated heterocycles. The number of fused-ring (bicyclic) bond motifs is 1. The normalized spacial score (nSPS) is 16.2. The second-order valence-corrected chi connectivity index (χ2v) is 22.1. The van der Waals surface area contributed by atoms with Crippen LogP contribution in [0.2, 0.25) is 10.0 Å². The van der Waals surface area contributed by atoms with Crippen molar-refractivity contribution in [3.8, 4) is 11.1 Å². The van der Waals surface area contributed by atoms with Gasteiger partial charge in [-0.2, -0.15) is 26.3 Å². The Labute approximate surface area is 400 Å². The van der Waals surface area contributed by atoms with Gasteiger partial charge >= 0.3 is 11.7 Å². The number of hydrogen-bond acceptors (Lipinski definition) is 11. The summed E-state index contributed by atoms with van der Waals surface area (Å²) in [7, 11) is -7.68. The first-order valence-electron chi connectivity index (χ1n) is 21.1. The van der Waals surface area contributed by atoms with Gasteiger partial charge in [0, 0.05) is 53.0 Å². The van der Waals surface area contributed by atoms with Crippen LogP contribution in [-0.2, 0) is 45.5 Å². The third-order valence-electron chi connectivity index (χ3n) is 11.6. The Balaban J connectivity index is 1.11. The predicted octanol–water partition coefficient (Wildman–Crippen LogP) is 10.1. The van der Waals surface area contributed by atoms with Crippen molar-refractivity contribution < 1.29 is 43.2 Å². The first-order chi connectivity index (χ1) is 31.6. The van der Waals surface area contributed by atoms with Crippen LogP contribution in [0.5, 0.6) is 0 Å². The van der Waals surface area contributed by atoms with Crippen molar-refractivity contribution >= 4 is 66.3 Å². The summed E-state index contributed by atoms with van der Waals surface area (Å²) in [5.74, 6) is -2.09. The van der Waals surface area contributed by atoms with Crippen LogP contribution in [-0.4, -0.2) is 105 Å². The molecule has 11 nitrogen and oxygen atoms in total. The molecule has 22 heteroatoms. The number of likely N-dealkylation sites (tertiary alicyclic amines) is 1. The molecule has 3 heterocycles. The van der Waals surface area contributed by atoms with Gasteiger partial charge in [-0.05, 0) is 119 Å². The fourth-order valence-electron chi connectivity index (χ4n) is 8.13. The fraction of sp³-hybridized carbons (Fsp3) is 0.378. The highest BCUT2D eigenvalue weighted by atomic mass is 35.5. The molecule has 0 bridgehead atoms. The van der Waals surface area contributed by atoms with Gasteiger partial charge < -0.3 is 10.2 Å². The molecule has 2 N–H and O–H groups in total. The van der Waals surface area contributed by atoms with Crippen LogP contribution in [0.15, 0.2) is 106 Å². The van der Waals surface area contributed by atoms with Crippen molar-refractivity contribution in [1.29, 1.82) is 0 Å². The van der Waals surface area contributed by atoms with E-state index in [0.717, 1.165) is 28.8 Å². The van der Waals surface area contributed by atoms with Crippen LogP contribution >= 0.6 is 35.0 Å².